The van der Waals surface area contributed by atoms with Gasteiger partial charge in [0.25, 0.3) is 11.8 Å². The highest BCUT2D eigenvalue weighted by Gasteiger charge is 2.28. The van der Waals surface area contributed by atoms with E-state index in [-0.39, 0.29) is 11.8 Å². The minimum Gasteiger partial charge on any atom is -0.493 e. The van der Waals surface area contributed by atoms with Crippen molar-refractivity contribution >= 4 is 11.8 Å². The van der Waals surface area contributed by atoms with Crippen molar-refractivity contribution in [2.45, 2.75) is 13.8 Å². The highest BCUT2D eigenvalue weighted by Crippen LogP contribution is 2.23. The van der Waals surface area contributed by atoms with E-state index >= 15 is 0 Å². The summed E-state index contributed by atoms with van der Waals surface area (Å²) in [7, 11) is 0. The normalized spacial score (nSPS) is 13.9. The molecule has 3 rings (SSSR count). The fourth-order valence-electron chi connectivity index (χ4n) is 3.30. The standard InChI is InChI=1S/C22H26N2O4/c1-3-27-19-11-7-5-9-17(19)21(25)23-13-15-24(16-14-23)22(26)18-10-6-8-12-20(18)28-4-2/h5-12H,3-4,13-16H2,1-2H3. The first-order chi connectivity index (χ1) is 13.7. The van der Waals surface area contributed by atoms with Gasteiger partial charge in [-0.1, -0.05) is 24.3 Å². The molecule has 6 heteroatoms. The number of amides is 2. The molecule has 28 heavy (non-hydrogen) atoms. The Morgan fingerprint density at radius 2 is 1.07 bits per heavy atom. The number of carbonyl (C=O) groups is 2. The highest BCUT2D eigenvalue weighted by molar-refractivity contribution is 5.98. The Balaban J connectivity index is 1.66. The van der Waals surface area contributed by atoms with Crippen LogP contribution in [0, 0.1) is 0 Å². The minimum absolute atomic E-state index is 0.0640. The lowest BCUT2D eigenvalue weighted by Crippen LogP contribution is -2.50. The molecule has 0 radical (unpaired) electrons. The van der Waals surface area contributed by atoms with Crippen molar-refractivity contribution in [2.24, 2.45) is 0 Å². The van der Waals surface area contributed by atoms with Crippen LogP contribution in [0.5, 0.6) is 11.5 Å². The third-order valence-corrected chi connectivity index (χ3v) is 4.69. The molecule has 0 atom stereocenters. The minimum atomic E-state index is -0.0640. The molecule has 1 saturated heterocycles. The van der Waals surface area contributed by atoms with E-state index in [9.17, 15) is 9.59 Å². The van der Waals surface area contributed by atoms with Gasteiger partial charge < -0.3 is 19.3 Å². The molecular weight excluding hydrogens is 356 g/mol. The lowest BCUT2D eigenvalue weighted by Gasteiger charge is -2.35. The Morgan fingerprint density at radius 1 is 0.714 bits per heavy atom. The number of benzene rings is 2. The van der Waals surface area contributed by atoms with Crippen LogP contribution >= 0.6 is 0 Å². The van der Waals surface area contributed by atoms with Gasteiger partial charge in [-0.3, -0.25) is 9.59 Å². The van der Waals surface area contributed by atoms with Gasteiger partial charge in [-0.05, 0) is 38.1 Å². The quantitative estimate of drug-likeness (QED) is 0.770. The predicted molar refractivity (Wildman–Crippen MR) is 107 cm³/mol. The van der Waals surface area contributed by atoms with Gasteiger partial charge in [-0.15, -0.1) is 0 Å². The first-order valence-corrected chi connectivity index (χ1v) is 9.67. The number of nitrogens with zero attached hydrogens (tertiary/aromatic N) is 2. The Hall–Kier alpha value is -3.02. The van der Waals surface area contributed by atoms with Gasteiger partial charge in [-0.25, -0.2) is 0 Å². The van der Waals surface area contributed by atoms with Crippen molar-refractivity contribution in [1.29, 1.82) is 0 Å². The molecule has 2 amide bonds. The monoisotopic (exact) mass is 382 g/mol. The van der Waals surface area contributed by atoms with Gasteiger partial charge in [-0.2, -0.15) is 0 Å². The third-order valence-electron chi connectivity index (χ3n) is 4.69. The molecule has 0 unspecified atom stereocenters. The van der Waals surface area contributed by atoms with E-state index in [4.69, 9.17) is 9.47 Å². The van der Waals surface area contributed by atoms with Crippen molar-refractivity contribution in [3.8, 4) is 11.5 Å². The molecule has 1 aliphatic heterocycles. The fraction of sp³-hybridized carbons (Fsp3) is 0.364. The van der Waals surface area contributed by atoms with E-state index in [2.05, 4.69) is 0 Å². The molecule has 6 nitrogen and oxygen atoms in total. The summed E-state index contributed by atoms with van der Waals surface area (Å²) in [6.45, 7) is 6.75. The molecule has 0 spiro atoms. The Morgan fingerprint density at radius 3 is 1.43 bits per heavy atom. The van der Waals surface area contributed by atoms with Crippen LogP contribution in [0.15, 0.2) is 48.5 Å². The van der Waals surface area contributed by atoms with Crippen LogP contribution in [-0.4, -0.2) is 61.0 Å². The average molecular weight is 382 g/mol. The van der Waals surface area contributed by atoms with E-state index in [1.165, 1.54) is 0 Å². The second kappa shape index (κ2) is 9.26. The second-order valence-corrected chi connectivity index (χ2v) is 6.44. The van der Waals surface area contributed by atoms with Crippen LogP contribution in [0.2, 0.25) is 0 Å². The van der Waals surface area contributed by atoms with Crippen molar-refractivity contribution in [3.63, 3.8) is 0 Å². The number of rotatable bonds is 6. The molecule has 148 valence electrons. The topological polar surface area (TPSA) is 59.1 Å². The van der Waals surface area contributed by atoms with Crippen molar-refractivity contribution < 1.29 is 19.1 Å². The average Bonchev–Trinajstić information content (AvgIpc) is 2.74. The number of para-hydroxylation sites is 2. The summed E-state index contributed by atoms with van der Waals surface area (Å²) in [5.74, 6) is 1.06. The molecule has 2 aromatic rings. The maximum atomic E-state index is 12.9. The summed E-state index contributed by atoms with van der Waals surface area (Å²) in [5, 5.41) is 0. The molecule has 1 aliphatic rings. The van der Waals surface area contributed by atoms with Crippen LogP contribution in [0.25, 0.3) is 0 Å². The molecule has 1 heterocycles. The van der Waals surface area contributed by atoms with Gasteiger partial charge in [0.2, 0.25) is 0 Å². The number of ether oxygens (including phenoxy) is 2. The third kappa shape index (κ3) is 4.27. The van der Waals surface area contributed by atoms with E-state index < -0.39 is 0 Å². The Labute approximate surface area is 165 Å². The summed E-state index contributed by atoms with van der Waals surface area (Å²) in [4.78, 5) is 29.4. The lowest BCUT2D eigenvalue weighted by molar-refractivity contribution is 0.0531. The maximum Gasteiger partial charge on any atom is 0.257 e. The van der Waals surface area contributed by atoms with Gasteiger partial charge in [0.1, 0.15) is 11.5 Å². The maximum absolute atomic E-state index is 12.9. The summed E-state index contributed by atoms with van der Waals surface area (Å²) >= 11 is 0. The van der Waals surface area contributed by atoms with Crippen LogP contribution in [-0.2, 0) is 0 Å². The molecule has 0 bridgehead atoms. The van der Waals surface area contributed by atoms with E-state index in [1.807, 2.05) is 38.1 Å². The predicted octanol–water partition coefficient (Wildman–Crippen LogP) is 3.08. The second-order valence-electron chi connectivity index (χ2n) is 6.44. The number of hydrogen-bond donors (Lipinski definition) is 0. The Bertz CT molecular complexity index is 759. The lowest BCUT2D eigenvalue weighted by atomic mass is 10.1. The largest absolute Gasteiger partial charge is 0.493 e. The SMILES string of the molecule is CCOc1ccccc1C(=O)N1CCN(C(=O)c2ccccc2OCC)CC1. The van der Waals surface area contributed by atoms with Crippen LogP contribution in [0.1, 0.15) is 34.6 Å². The summed E-state index contributed by atoms with van der Waals surface area (Å²) in [6.07, 6.45) is 0. The van der Waals surface area contributed by atoms with Crippen LogP contribution < -0.4 is 9.47 Å². The zero-order valence-electron chi connectivity index (χ0n) is 16.4. The van der Waals surface area contributed by atoms with E-state index in [0.717, 1.165) is 0 Å². The molecule has 2 aromatic carbocycles. The van der Waals surface area contributed by atoms with E-state index in [0.29, 0.717) is 62.0 Å². The molecule has 0 saturated carbocycles. The smallest absolute Gasteiger partial charge is 0.257 e. The van der Waals surface area contributed by atoms with Gasteiger partial charge >= 0.3 is 0 Å². The van der Waals surface area contributed by atoms with Crippen molar-refractivity contribution in [3.05, 3.63) is 59.7 Å². The summed E-state index contributed by atoms with van der Waals surface area (Å²) in [6, 6.07) is 14.6. The van der Waals surface area contributed by atoms with Gasteiger partial charge in [0.05, 0.1) is 24.3 Å². The fourth-order valence-corrected chi connectivity index (χ4v) is 3.30. The molecule has 0 N–H and O–H groups in total. The molecule has 1 fully saturated rings. The molecular formula is C22H26N2O4. The molecule has 0 aliphatic carbocycles. The number of hydrogen-bond acceptors (Lipinski definition) is 4. The summed E-state index contributed by atoms with van der Waals surface area (Å²) < 4.78 is 11.2. The number of piperazine rings is 1. The van der Waals surface area contributed by atoms with Gasteiger partial charge in [0, 0.05) is 26.2 Å². The summed E-state index contributed by atoms with van der Waals surface area (Å²) in [5.41, 5.74) is 1.12. The van der Waals surface area contributed by atoms with E-state index in [1.54, 1.807) is 34.1 Å². The Kier molecular flexibility index (Phi) is 6.53. The van der Waals surface area contributed by atoms with Gasteiger partial charge in [0.15, 0.2) is 0 Å². The number of carbonyl (C=O) groups excluding carboxylic acids is 2. The zero-order chi connectivity index (χ0) is 19.9. The zero-order valence-corrected chi connectivity index (χ0v) is 16.4. The van der Waals surface area contributed by atoms with Crippen molar-refractivity contribution in [2.75, 3.05) is 39.4 Å². The first kappa shape index (κ1) is 19.7. The van der Waals surface area contributed by atoms with Crippen LogP contribution in [0.3, 0.4) is 0 Å². The highest BCUT2D eigenvalue weighted by atomic mass is 16.5. The van der Waals surface area contributed by atoms with Crippen molar-refractivity contribution in [1.82, 2.24) is 9.80 Å². The molecule has 0 aromatic heterocycles. The first-order valence-electron chi connectivity index (χ1n) is 9.67. The van der Waals surface area contributed by atoms with Crippen LogP contribution in [0.4, 0.5) is 0 Å².